The van der Waals surface area contributed by atoms with E-state index in [0.717, 1.165) is 16.9 Å². The first-order chi connectivity index (χ1) is 9.77. The number of anilines is 1. The fraction of sp³-hybridized carbons (Fsp3) is 0.375. The number of aryl methyl sites for hydroxylation is 1. The van der Waals surface area contributed by atoms with Gasteiger partial charge >= 0.3 is 0 Å². The van der Waals surface area contributed by atoms with Crippen LogP contribution in [0.5, 0.6) is 0 Å². The Balaban J connectivity index is 2.17. The Morgan fingerprint density at radius 3 is 2.71 bits per heavy atom. The van der Waals surface area contributed by atoms with E-state index in [1.807, 2.05) is 30.1 Å². The highest BCUT2D eigenvalue weighted by molar-refractivity contribution is 5.93. The molecular formula is C16H22N4O. The van der Waals surface area contributed by atoms with E-state index in [-0.39, 0.29) is 5.41 Å². The molecule has 0 spiro atoms. The van der Waals surface area contributed by atoms with Crippen LogP contribution in [0.3, 0.4) is 0 Å². The Morgan fingerprint density at radius 2 is 2.10 bits per heavy atom. The van der Waals surface area contributed by atoms with Crippen molar-refractivity contribution < 1.29 is 4.79 Å². The van der Waals surface area contributed by atoms with Crippen molar-refractivity contribution in [2.75, 3.05) is 5.32 Å². The molecule has 5 heteroatoms. The summed E-state index contributed by atoms with van der Waals surface area (Å²) < 4.78 is 1.83. The van der Waals surface area contributed by atoms with Crippen LogP contribution < -0.4 is 11.1 Å². The van der Waals surface area contributed by atoms with Crippen LogP contribution in [0.2, 0.25) is 0 Å². The third kappa shape index (κ3) is 3.62. The molecule has 0 unspecified atom stereocenters. The smallest absolute Gasteiger partial charge is 0.248 e. The second-order valence-electron chi connectivity index (χ2n) is 6.23. The molecule has 0 saturated heterocycles. The van der Waals surface area contributed by atoms with Gasteiger partial charge in [-0.05, 0) is 18.2 Å². The number of primary amides is 1. The van der Waals surface area contributed by atoms with Crippen LogP contribution in [-0.2, 0) is 19.0 Å². The van der Waals surface area contributed by atoms with Crippen molar-refractivity contribution in [1.82, 2.24) is 9.78 Å². The molecule has 2 rings (SSSR count). The van der Waals surface area contributed by atoms with E-state index in [1.54, 1.807) is 12.1 Å². The van der Waals surface area contributed by atoms with Crippen molar-refractivity contribution in [3.05, 3.63) is 47.3 Å². The second-order valence-corrected chi connectivity index (χ2v) is 6.23. The summed E-state index contributed by atoms with van der Waals surface area (Å²) in [4.78, 5) is 11.2. The predicted octanol–water partition coefficient (Wildman–Crippen LogP) is 2.43. The van der Waals surface area contributed by atoms with Gasteiger partial charge in [0.2, 0.25) is 5.91 Å². The standard InChI is InChI=1S/C16H22N4O/c1-16(2,3)14-12(10-20(4)19-14)9-18-13-7-5-6-11(8-13)15(17)21/h5-8,10,18H,9H2,1-4H3,(H2,17,21). The molecule has 3 N–H and O–H groups in total. The summed E-state index contributed by atoms with van der Waals surface area (Å²) in [6.45, 7) is 7.09. The van der Waals surface area contributed by atoms with Gasteiger partial charge in [-0.2, -0.15) is 5.10 Å². The summed E-state index contributed by atoms with van der Waals surface area (Å²) in [5.74, 6) is -0.421. The van der Waals surface area contributed by atoms with E-state index in [0.29, 0.717) is 12.1 Å². The molecule has 1 heterocycles. The average Bonchev–Trinajstić information content (AvgIpc) is 2.78. The van der Waals surface area contributed by atoms with Crippen LogP contribution in [0.25, 0.3) is 0 Å². The van der Waals surface area contributed by atoms with Crippen LogP contribution in [0.4, 0.5) is 5.69 Å². The normalized spacial score (nSPS) is 11.4. The molecule has 0 aliphatic carbocycles. The average molecular weight is 286 g/mol. The molecule has 21 heavy (non-hydrogen) atoms. The highest BCUT2D eigenvalue weighted by Crippen LogP contribution is 2.24. The molecule has 0 fully saturated rings. The number of carbonyl (C=O) groups excluding carboxylic acids is 1. The molecule has 0 saturated carbocycles. The SMILES string of the molecule is Cn1cc(CNc2cccc(C(N)=O)c2)c(C(C)(C)C)n1. The Bertz CT molecular complexity index is 653. The third-order valence-corrected chi connectivity index (χ3v) is 3.25. The first kappa shape index (κ1) is 15.1. The minimum absolute atomic E-state index is 0.00660. The van der Waals surface area contributed by atoms with Crippen molar-refractivity contribution in [2.45, 2.75) is 32.7 Å². The van der Waals surface area contributed by atoms with Crippen LogP contribution in [0.1, 0.15) is 42.4 Å². The van der Waals surface area contributed by atoms with E-state index in [9.17, 15) is 4.79 Å². The van der Waals surface area contributed by atoms with Gasteiger partial charge in [0, 0.05) is 42.0 Å². The first-order valence-electron chi connectivity index (χ1n) is 6.94. The Kier molecular flexibility index (Phi) is 4.02. The van der Waals surface area contributed by atoms with Crippen molar-refractivity contribution >= 4 is 11.6 Å². The number of hydrogen-bond donors (Lipinski definition) is 2. The quantitative estimate of drug-likeness (QED) is 0.906. The molecule has 1 aromatic heterocycles. The largest absolute Gasteiger partial charge is 0.381 e. The summed E-state index contributed by atoms with van der Waals surface area (Å²) in [7, 11) is 1.92. The van der Waals surface area contributed by atoms with Gasteiger partial charge in [0.15, 0.2) is 0 Å². The fourth-order valence-electron chi connectivity index (χ4n) is 2.28. The monoisotopic (exact) mass is 286 g/mol. The zero-order valence-corrected chi connectivity index (χ0v) is 13.0. The number of nitrogens with one attached hydrogen (secondary N) is 1. The van der Waals surface area contributed by atoms with Crippen molar-refractivity contribution in [3.63, 3.8) is 0 Å². The number of nitrogens with zero attached hydrogens (tertiary/aromatic N) is 2. The maximum Gasteiger partial charge on any atom is 0.248 e. The van der Waals surface area contributed by atoms with Crippen LogP contribution in [0, 0.1) is 0 Å². The van der Waals surface area contributed by atoms with Gasteiger partial charge in [-0.1, -0.05) is 26.8 Å². The van der Waals surface area contributed by atoms with E-state index in [1.165, 1.54) is 0 Å². The summed E-state index contributed by atoms with van der Waals surface area (Å²) in [5, 5.41) is 7.86. The summed E-state index contributed by atoms with van der Waals surface area (Å²) in [5.41, 5.74) is 8.88. The van der Waals surface area contributed by atoms with E-state index in [2.05, 4.69) is 31.2 Å². The minimum atomic E-state index is -0.421. The van der Waals surface area contributed by atoms with Gasteiger partial charge in [0.05, 0.1) is 5.69 Å². The summed E-state index contributed by atoms with van der Waals surface area (Å²) >= 11 is 0. The highest BCUT2D eigenvalue weighted by Gasteiger charge is 2.21. The van der Waals surface area contributed by atoms with Gasteiger partial charge in [-0.3, -0.25) is 9.48 Å². The zero-order chi connectivity index (χ0) is 15.6. The fourth-order valence-corrected chi connectivity index (χ4v) is 2.28. The van der Waals surface area contributed by atoms with Crippen LogP contribution >= 0.6 is 0 Å². The number of rotatable bonds is 4. The van der Waals surface area contributed by atoms with Crippen LogP contribution in [0.15, 0.2) is 30.5 Å². The summed E-state index contributed by atoms with van der Waals surface area (Å²) in [6, 6.07) is 7.20. The third-order valence-electron chi connectivity index (χ3n) is 3.25. The molecule has 112 valence electrons. The lowest BCUT2D eigenvalue weighted by Gasteiger charge is -2.18. The molecule has 0 atom stereocenters. The lowest BCUT2D eigenvalue weighted by Crippen LogP contribution is -2.16. The number of aromatic nitrogens is 2. The second kappa shape index (κ2) is 5.60. The molecular weight excluding hydrogens is 264 g/mol. The number of carbonyl (C=O) groups is 1. The van der Waals surface area contributed by atoms with E-state index < -0.39 is 5.91 Å². The van der Waals surface area contributed by atoms with Gasteiger partial charge in [0.25, 0.3) is 0 Å². The highest BCUT2D eigenvalue weighted by atomic mass is 16.1. The maximum atomic E-state index is 11.2. The Labute approximate surface area is 125 Å². The Hall–Kier alpha value is -2.30. The van der Waals surface area contributed by atoms with E-state index >= 15 is 0 Å². The molecule has 0 radical (unpaired) electrons. The topological polar surface area (TPSA) is 72.9 Å². The number of amides is 1. The molecule has 0 aliphatic heterocycles. The lowest BCUT2D eigenvalue weighted by atomic mass is 9.89. The zero-order valence-electron chi connectivity index (χ0n) is 13.0. The van der Waals surface area contributed by atoms with Gasteiger partial charge in [0.1, 0.15) is 0 Å². The Morgan fingerprint density at radius 1 is 1.38 bits per heavy atom. The predicted molar refractivity (Wildman–Crippen MR) is 84.2 cm³/mol. The van der Waals surface area contributed by atoms with Crippen molar-refractivity contribution in [3.8, 4) is 0 Å². The van der Waals surface area contributed by atoms with Gasteiger partial charge in [-0.15, -0.1) is 0 Å². The minimum Gasteiger partial charge on any atom is -0.381 e. The van der Waals surface area contributed by atoms with Crippen molar-refractivity contribution in [1.29, 1.82) is 0 Å². The molecule has 1 amide bonds. The van der Waals surface area contributed by atoms with Crippen molar-refractivity contribution in [2.24, 2.45) is 12.8 Å². The van der Waals surface area contributed by atoms with E-state index in [4.69, 9.17) is 5.73 Å². The number of benzene rings is 1. The molecule has 5 nitrogen and oxygen atoms in total. The first-order valence-corrected chi connectivity index (χ1v) is 6.94. The number of nitrogens with two attached hydrogens (primary N) is 1. The number of hydrogen-bond acceptors (Lipinski definition) is 3. The van der Waals surface area contributed by atoms with Gasteiger partial charge in [-0.25, -0.2) is 0 Å². The summed E-state index contributed by atoms with van der Waals surface area (Å²) in [6.07, 6.45) is 2.02. The lowest BCUT2D eigenvalue weighted by molar-refractivity contribution is 0.100. The van der Waals surface area contributed by atoms with Crippen LogP contribution in [-0.4, -0.2) is 15.7 Å². The molecule has 2 aromatic rings. The molecule has 0 bridgehead atoms. The molecule has 0 aliphatic rings. The maximum absolute atomic E-state index is 11.2. The van der Waals surface area contributed by atoms with Gasteiger partial charge < -0.3 is 11.1 Å². The molecule has 1 aromatic carbocycles.